The van der Waals surface area contributed by atoms with Crippen molar-refractivity contribution >= 4 is 0 Å². The van der Waals surface area contributed by atoms with Crippen molar-refractivity contribution < 1.29 is 9.84 Å². The van der Waals surface area contributed by atoms with Gasteiger partial charge in [-0.1, -0.05) is 0 Å². The van der Waals surface area contributed by atoms with Crippen LogP contribution in [0.15, 0.2) is 12.3 Å². The minimum absolute atomic E-state index is 0.238. The van der Waals surface area contributed by atoms with Gasteiger partial charge < -0.3 is 14.4 Å². The molecular weight excluding hydrogens is 190 g/mol. The molecular formula is C12H19NO2. The number of ether oxygens (including phenoxy) is 1. The van der Waals surface area contributed by atoms with E-state index < -0.39 is 0 Å². The second-order valence-corrected chi connectivity index (χ2v) is 4.17. The molecule has 1 aliphatic rings. The maximum atomic E-state index is 9.81. The highest BCUT2D eigenvalue weighted by molar-refractivity contribution is 5.27. The minimum Gasteiger partial charge on any atom is -0.388 e. The first-order chi connectivity index (χ1) is 7.33. The summed E-state index contributed by atoms with van der Waals surface area (Å²) in [6.07, 6.45) is 6.00. The largest absolute Gasteiger partial charge is 0.388 e. The van der Waals surface area contributed by atoms with Gasteiger partial charge in [-0.15, -0.1) is 0 Å². The summed E-state index contributed by atoms with van der Waals surface area (Å²) in [5.74, 6) is 0. The second-order valence-electron chi connectivity index (χ2n) is 4.17. The molecule has 2 rings (SSSR count). The average molecular weight is 209 g/mol. The molecule has 0 radical (unpaired) electrons. The molecule has 0 saturated heterocycles. The zero-order chi connectivity index (χ0) is 10.7. The first-order valence-electron chi connectivity index (χ1n) is 5.68. The summed E-state index contributed by atoms with van der Waals surface area (Å²) in [4.78, 5) is 0. The van der Waals surface area contributed by atoms with Crippen molar-refractivity contribution in [2.75, 3.05) is 13.7 Å². The monoisotopic (exact) mass is 209 g/mol. The lowest BCUT2D eigenvalue weighted by molar-refractivity contribution is 0.155. The van der Waals surface area contributed by atoms with Crippen molar-refractivity contribution in [2.45, 2.75) is 38.3 Å². The molecule has 15 heavy (non-hydrogen) atoms. The summed E-state index contributed by atoms with van der Waals surface area (Å²) in [7, 11) is 1.73. The van der Waals surface area contributed by atoms with Crippen molar-refractivity contribution in [1.82, 2.24) is 4.57 Å². The van der Waals surface area contributed by atoms with Crippen LogP contribution in [0.3, 0.4) is 0 Å². The van der Waals surface area contributed by atoms with Crippen LogP contribution in [0.4, 0.5) is 0 Å². The third kappa shape index (κ3) is 2.24. The van der Waals surface area contributed by atoms with Gasteiger partial charge in [-0.25, -0.2) is 0 Å². The first kappa shape index (κ1) is 10.7. The van der Waals surface area contributed by atoms with Crippen LogP contribution in [0.1, 0.15) is 36.6 Å². The number of fused-ring (bicyclic) bond motifs is 1. The van der Waals surface area contributed by atoms with E-state index in [0.29, 0.717) is 0 Å². The van der Waals surface area contributed by atoms with Crippen molar-refractivity contribution in [2.24, 2.45) is 0 Å². The molecule has 1 aliphatic carbocycles. The van der Waals surface area contributed by atoms with Crippen LogP contribution < -0.4 is 0 Å². The summed E-state index contributed by atoms with van der Waals surface area (Å²) in [5.41, 5.74) is 2.46. The van der Waals surface area contributed by atoms with Crippen LogP contribution in [-0.4, -0.2) is 23.4 Å². The van der Waals surface area contributed by atoms with Crippen LogP contribution in [0.5, 0.6) is 0 Å². The number of hydrogen-bond acceptors (Lipinski definition) is 2. The van der Waals surface area contributed by atoms with Gasteiger partial charge in [-0.2, -0.15) is 0 Å². The minimum atomic E-state index is -0.238. The van der Waals surface area contributed by atoms with E-state index in [2.05, 4.69) is 16.8 Å². The maximum absolute atomic E-state index is 9.81. The van der Waals surface area contributed by atoms with Gasteiger partial charge in [0.2, 0.25) is 0 Å². The van der Waals surface area contributed by atoms with Gasteiger partial charge in [0, 0.05) is 37.7 Å². The number of aromatic nitrogens is 1. The Kier molecular flexibility index (Phi) is 3.44. The summed E-state index contributed by atoms with van der Waals surface area (Å²) in [6.45, 7) is 1.80. The molecule has 1 heterocycles. The molecule has 0 aromatic carbocycles. The molecule has 0 amide bonds. The molecule has 0 bridgehead atoms. The third-order valence-electron chi connectivity index (χ3n) is 3.11. The van der Waals surface area contributed by atoms with Crippen LogP contribution in [-0.2, 0) is 17.7 Å². The smallest absolute Gasteiger partial charge is 0.0807 e. The van der Waals surface area contributed by atoms with Crippen LogP contribution in [0.2, 0.25) is 0 Å². The zero-order valence-electron chi connectivity index (χ0n) is 9.28. The summed E-state index contributed by atoms with van der Waals surface area (Å²) < 4.78 is 7.30. The molecule has 0 saturated carbocycles. The molecule has 1 unspecified atom stereocenters. The van der Waals surface area contributed by atoms with Crippen molar-refractivity contribution in [1.29, 1.82) is 0 Å². The van der Waals surface area contributed by atoms with E-state index in [1.54, 1.807) is 7.11 Å². The van der Waals surface area contributed by atoms with Gasteiger partial charge in [0.25, 0.3) is 0 Å². The van der Waals surface area contributed by atoms with Gasteiger partial charge in [-0.05, 0) is 31.7 Å². The van der Waals surface area contributed by atoms with Gasteiger partial charge in [0.15, 0.2) is 0 Å². The number of aliphatic hydroxyl groups is 1. The summed E-state index contributed by atoms with van der Waals surface area (Å²) in [6, 6.07) is 2.06. The predicted octanol–water partition coefficient (Wildman–Crippen LogP) is 1.89. The Morgan fingerprint density at radius 1 is 1.60 bits per heavy atom. The Bertz CT molecular complexity index is 319. The first-order valence-corrected chi connectivity index (χ1v) is 5.68. The molecule has 0 fully saturated rings. The summed E-state index contributed by atoms with van der Waals surface area (Å²) >= 11 is 0. The van der Waals surface area contributed by atoms with E-state index in [1.165, 1.54) is 5.69 Å². The third-order valence-corrected chi connectivity index (χ3v) is 3.11. The van der Waals surface area contributed by atoms with E-state index in [1.807, 2.05) is 0 Å². The highest BCUT2D eigenvalue weighted by Crippen LogP contribution is 2.30. The lowest BCUT2D eigenvalue weighted by Crippen LogP contribution is -2.12. The van der Waals surface area contributed by atoms with Crippen LogP contribution >= 0.6 is 0 Å². The zero-order valence-corrected chi connectivity index (χ0v) is 9.28. The Morgan fingerprint density at radius 2 is 2.47 bits per heavy atom. The lowest BCUT2D eigenvalue weighted by atomic mass is 9.95. The van der Waals surface area contributed by atoms with E-state index >= 15 is 0 Å². The topological polar surface area (TPSA) is 34.4 Å². The Hall–Kier alpha value is -0.800. The molecule has 84 valence electrons. The SMILES string of the molecule is COCCCn1ccc2c1CCCC2O. The second kappa shape index (κ2) is 4.81. The lowest BCUT2D eigenvalue weighted by Gasteiger charge is -2.20. The van der Waals surface area contributed by atoms with Crippen LogP contribution in [0.25, 0.3) is 0 Å². The van der Waals surface area contributed by atoms with Crippen LogP contribution in [0, 0.1) is 0 Å². The molecule has 1 atom stereocenters. The van der Waals surface area contributed by atoms with Gasteiger partial charge in [-0.3, -0.25) is 0 Å². The molecule has 3 nitrogen and oxygen atoms in total. The molecule has 3 heteroatoms. The van der Waals surface area contributed by atoms with E-state index in [9.17, 15) is 5.11 Å². The van der Waals surface area contributed by atoms with Crippen molar-refractivity contribution in [3.63, 3.8) is 0 Å². The maximum Gasteiger partial charge on any atom is 0.0807 e. The van der Waals surface area contributed by atoms with E-state index in [-0.39, 0.29) is 6.10 Å². The summed E-state index contributed by atoms with van der Waals surface area (Å²) in [5, 5.41) is 9.81. The quantitative estimate of drug-likeness (QED) is 0.768. The van der Waals surface area contributed by atoms with Crippen molar-refractivity contribution in [3.05, 3.63) is 23.5 Å². The fourth-order valence-electron chi connectivity index (χ4n) is 2.32. The van der Waals surface area contributed by atoms with Gasteiger partial charge in [0.05, 0.1) is 6.10 Å². The fraction of sp³-hybridized carbons (Fsp3) is 0.667. The van der Waals surface area contributed by atoms with Gasteiger partial charge >= 0.3 is 0 Å². The standard InChI is InChI=1S/C12H19NO2/c1-15-9-3-7-13-8-6-10-11(13)4-2-5-12(10)14/h6,8,12,14H,2-5,7,9H2,1H3. The average Bonchev–Trinajstić information content (AvgIpc) is 2.64. The Morgan fingerprint density at radius 3 is 3.27 bits per heavy atom. The fourth-order valence-corrected chi connectivity index (χ4v) is 2.32. The Balaban J connectivity index is 2.06. The normalized spacial score (nSPS) is 20.3. The van der Waals surface area contributed by atoms with Gasteiger partial charge in [0.1, 0.15) is 0 Å². The number of methoxy groups -OCH3 is 1. The Labute approximate surface area is 90.7 Å². The predicted molar refractivity (Wildman–Crippen MR) is 58.8 cm³/mol. The molecule has 1 aromatic heterocycles. The molecule has 1 aromatic rings. The van der Waals surface area contributed by atoms with Crippen molar-refractivity contribution in [3.8, 4) is 0 Å². The molecule has 1 N–H and O–H groups in total. The highest BCUT2D eigenvalue weighted by atomic mass is 16.5. The number of aliphatic hydroxyl groups excluding tert-OH is 1. The highest BCUT2D eigenvalue weighted by Gasteiger charge is 2.20. The van der Waals surface area contributed by atoms with E-state index in [4.69, 9.17) is 4.74 Å². The molecule has 0 spiro atoms. The number of rotatable bonds is 4. The number of hydrogen-bond donors (Lipinski definition) is 1. The number of aryl methyl sites for hydroxylation is 1. The number of nitrogens with zero attached hydrogens (tertiary/aromatic N) is 1. The molecule has 0 aliphatic heterocycles. The van der Waals surface area contributed by atoms with E-state index in [0.717, 1.165) is 44.4 Å².